The van der Waals surface area contributed by atoms with Gasteiger partial charge in [0.25, 0.3) is 0 Å². The molecule has 6 rings (SSSR count). The molecule has 0 fully saturated rings. The van der Waals surface area contributed by atoms with Gasteiger partial charge in [-0.1, -0.05) is 84.0 Å². The summed E-state index contributed by atoms with van der Waals surface area (Å²) in [6, 6.07) is 24.4. The Labute approximate surface area is 220 Å². The van der Waals surface area contributed by atoms with E-state index in [0.29, 0.717) is 0 Å². The van der Waals surface area contributed by atoms with Gasteiger partial charge in [-0.05, 0) is 82.7 Å². The van der Waals surface area contributed by atoms with Crippen molar-refractivity contribution in [3.63, 3.8) is 0 Å². The van der Waals surface area contributed by atoms with Gasteiger partial charge in [0.2, 0.25) is 0 Å². The number of nitrogens with zero attached hydrogens (tertiary/aromatic N) is 1. The molecule has 0 atom stereocenters. The Bertz CT molecular complexity index is 1620. The number of hydrogen-bond donors (Lipinski definition) is 0. The fraction of sp³-hybridized carbons (Fsp3) is 0.343. The van der Waals surface area contributed by atoms with Gasteiger partial charge in [0.15, 0.2) is 0 Å². The summed E-state index contributed by atoms with van der Waals surface area (Å²) in [4.78, 5) is 4.67. The topological polar surface area (TPSA) is 26.0 Å². The average Bonchev–Trinajstić information content (AvgIpc) is 3.29. The van der Waals surface area contributed by atoms with Gasteiger partial charge in [0.1, 0.15) is 11.2 Å². The van der Waals surface area contributed by atoms with Crippen LogP contribution in [-0.2, 0) is 5.41 Å². The molecule has 2 aromatic heterocycles. The standard InChI is InChI=1S/C35H37NO/c1-22-15-16-24-26-18-25-23-12-8-9-13-27(23)35(20-33(2,3)4,21-34(5,6)7)28(25)19-30(26)37-32(24)31(22)29-14-10-11-17-36-29/h8-19H,20-21H2,1-7H3. The number of furan rings is 1. The first kappa shape index (κ1) is 24.0. The lowest BCUT2D eigenvalue weighted by atomic mass is 9.62. The molecule has 37 heavy (non-hydrogen) atoms. The molecule has 0 N–H and O–H groups in total. The van der Waals surface area contributed by atoms with Gasteiger partial charge in [0, 0.05) is 27.9 Å². The molecule has 0 amide bonds. The number of fused-ring (bicyclic) bond motifs is 6. The number of rotatable bonds is 3. The number of aryl methyl sites for hydroxylation is 1. The molecule has 1 aliphatic carbocycles. The molecule has 0 spiro atoms. The zero-order valence-corrected chi connectivity index (χ0v) is 23.2. The second-order valence-corrected chi connectivity index (χ2v) is 13.4. The molecule has 0 unspecified atom stereocenters. The van der Waals surface area contributed by atoms with Crippen LogP contribution < -0.4 is 0 Å². The van der Waals surface area contributed by atoms with E-state index in [9.17, 15) is 0 Å². The predicted octanol–water partition coefficient (Wildman–Crippen LogP) is 10.1. The Morgan fingerprint density at radius 2 is 1.43 bits per heavy atom. The third-order valence-electron chi connectivity index (χ3n) is 7.82. The zero-order valence-electron chi connectivity index (χ0n) is 23.2. The zero-order chi connectivity index (χ0) is 26.2. The highest BCUT2D eigenvalue weighted by Gasteiger charge is 2.47. The second-order valence-electron chi connectivity index (χ2n) is 13.4. The Kier molecular flexibility index (Phi) is 5.22. The van der Waals surface area contributed by atoms with Crippen molar-refractivity contribution in [2.75, 3.05) is 0 Å². The maximum atomic E-state index is 6.76. The summed E-state index contributed by atoms with van der Waals surface area (Å²) in [5.41, 5.74) is 11.0. The normalized spacial score (nSPS) is 14.8. The summed E-state index contributed by atoms with van der Waals surface area (Å²) in [7, 11) is 0. The first-order chi connectivity index (χ1) is 17.5. The van der Waals surface area contributed by atoms with Gasteiger partial charge in [-0.25, -0.2) is 0 Å². The third kappa shape index (κ3) is 3.89. The van der Waals surface area contributed by atoms with Crippen LogP contribution in [-0.4, -0.2) is 4.98 Å². The lowest BCUT2D eigenvalue weighted by Gasteiger charge is -2.42. The first-order valence-electron chi connectivity index (χ1n) is 13.5. The van der Waals surface area contributed by atoms with Crippen molar-refractivity contribution in [2.45, 2.75) is 66.7 Å². The van der Waals surface area contributed by atoms with Crippen molar-refractivity contribution in [1.82, 2.24) is 4.98 Å². The Hall–Kier alpha value is -3.39. The molecule has 3 aromatic carbocycles. The summed E-state index contributed by atoms with van der Waals surface area (Å²) < 4.78 is 6.76. The maximum Gasteiger partial charge on any atom is 0.145 e. The smallest absolute Gasteiger partial charge is 0.145 e. The summed E-state index contributed by atoms with van der Waals surface area (Å²) in [5, 5.41) is 2.34. The van der Waals surface area contributed by atoms with E-state index in [1.54, 1.807) is 0 Å². The van der Waals surface area contributed by atoms with Crippen LogP contribution in [0.15, 0.2) is 77.3 Å². The number of pyridine rings is 1. The molecule has 0 bridgehead atoms. The molecule has 188 valence electrons. The van der Waals surface area contributed by atoms with Crippen LogP contribution in [0.25, 0.3) is 44.3 Å². The van der Waals surface area contributed by atoms with Crippen molar-refractivity contribution in [1.29, 1.82) is 0 Å². The van der Waals surface area contributed by atoms with Crippen LogP contribution in [0, 0.1) is 17.8 Å². The average molecular weight is 488 g/mol. The number of hydrogen-bond acceptors (Lipinski definition) is 2. The van der Waals surface area contributed by atoms with Crippen LogP contribution in [0.2, 0.25) is 0 Å². The number of benzene rings is 3. The minimum absolute atomic E-state index is 0.0602. The van der Waals surface area contributed by atoms with E-state index in [0.717, 1.165) is 40.7 Å². The fourth-order valence-electron chi connectivity index (χ4n) is 6.97. The van der Waals surface area contributed by atoms with Gasteiger partial charge in [-0.15, -0.1) is 0 Å². The van der Waals surface area contributed by atoms with Gasteiger partial charge < -0.3 is 4.42 Å². The van der Waals surface area contributed by atoms with E-state index in [1.807, 2.05) is 18.3 Å². The minimum atomic E-state index is -0.0602. The monoisotopic (exact) mass is 487 g/mol. The van der Waals surface area contributed by atoms with E-state index in [-0.39, 0.29) is 16.2 Å². The lowest BCUT2D eigenvalue weighted by Crippen LogP contribution is -2.35. The molecule has 5 aromatic rings. The van der Waals surface area contributed by atoms with E-state index >= 15 is 0 Å². The summed E-state index contributed by atoms with van der Waals surface area (Å²) in [6.45, 7) is 16.4. The molecule has 0 aliphatic heterocycles. The van der Waals surface area contributed by atoms with Crippen LogP contribution in [0.4, 0.5) is 0 Å². The van der Waals surface area contributed by atoms with Crippen LogP contribution >= 0.6 is 0 Å². The lowest BCUT2D eigenvalue weighted by molar-refractivity contribution is 0.214. The Morgan fingerprint density at radius 3 is 2.11 bits per heavy atom. The van der Waals surface area contributed by atoms with Crippen LogP contribution in [0.5, 0.6) is 0 Å². The van der Waals surface area contributed by atoms with Crippen LogP contribution in [0.3, 0.4) is 0 Å². The van der Waals surface area contributed by atoms with Gasteiger partial charge in [-0.3, -0.25) is 4.98 Å². The Morgan fingerprint density at radius 1 is 0.730 bits per heavy atom. The first-order valence-corrected chi connectivity index (χ1v) is 13.5. The quantitative estimate of drug-likeness (QED) is 0.253. The molecule has 0 saturated carbocycles. The van der Waals surface area contributed by atoms with E-state index in [2.05, 4.69) is 108 Å². The highest BCUT2D eigenvalue weighted by Crippen LogP contribution is 2.59. The maximum absolute atomic E-state index is 6.76. The second kappa shape index (κ2) is 8.05. The van der Waals surface area contributed by atoms with Crippen molar-refractivity contribution in [3.05, 3.63) is 89.6 Å². The number of aromatic nitrogens is 1. The summed E-state index contributed by atoms with van der Waals surface area (Å²) in [5.74, 6) is 0. The van der Waals surface area contributed by atoms with Crippen molar-refractivity contribution in [2.24, 2.45) is 10.8 Å². The Balaban J connectivity index is 1.69. The highest BCUT2D eigenvalue weighted by atomic mass is 16.3. The van der Waals surface area contributed by atoms with Crippen LogP contribution in [0.1, 0.15) is 71.1 Å². The SMILES string of the molecule is Cc1ccc2c(oc3cc4c(cc32)-c2ccccc2C4(CC(C)(C)C)CC(C)(C)C)c1-c1ccccn1. The van der Waals surface area contributed by atoms with Crippen molar-refractivity contribution < 1.29 is 4.42 Å². The van der Waals surface area contributed by atoms with Gasteiger partial charge >= 0.3 is 0 Å². The molecule has 0 radical (unpaired) electrons. The summed E-state index contributed by atoms with van der Waals surface area (Å²) >= 11 is 0. The fourth-order valence-corrected chi connectivity index (χ4v) is 6.97. The molecule has 2 heteroatoms. The highest BCUT2D eigenvalue weighted by molar-refractivity contribution is 6.11. The predicted molar refractivity (Wildman–Crippen MR) is 156 cm³/mol. The molecular weight excluding hydrogens is 450 g/mol. The van der Waals surface area contributed by atoms with E-state index in [4.69, 9.17) is 4.42 Å². The molecule has 0 saturated heterocycles. The molecule has 1 aliphatic rings. The van der Waals surface area contributed by atoms with Gasteiger partial charge in [0.05, 0.1) is 5.69 Å². The van der Waals surface area contributed by atoms with E-state index < -0.39 is 0 Å². The largest absolute Gasteiger partial charge is 0.455 e. The summed E-state index contributed by atoms with van der Waals surface area (Å²) in [6.07, 6.45) is 4.03. The molecule has 2 heterocycles. The van der Waals surface area contributed by atoms with Gasteiger partial charge in [-0.2, -0.15) is 0 Å². The molecule has 2 nitrogen and oxygen atoms in total. The van der Waals surface area contributed by atoms with Crippen molar-refractivity contribution in [3.8, 4) is 22.4 Å². The van der Waals surface area contributed by atoms with Crippen molar-refractivity contribution >= 4 is 21.9 Å². The minimum Gasteiger partial charge on any atom is -0.455 e. The molecular formula is C35H37NO. The van der Waals surface area contributed by atoms with E-state index in [1.165, 1.54) is 33.2 Å². The third-order valence-corrected chi connectivity index (χ3v) is 7.82.